The minimum atomic E-state index is -4.80. The molecule has 0 aromatic carbocycles. The smallest absolute Gasteiger partial charge is 0.379 e. The number of carbonyl (C=O) groups is 1. The van der Waals surface area contributed by atoms with Gasteiger partial charge in [0.15, 0.2) is 0 Å². The maximum atomic E-state index is 13.4. The minimum Gasteiger partial charge on any atom is -0.379 e. The van der Waals surface area contributed by atoms with Crippen molar-refractivity contribution in [2.24, 2.45) is 0 Å². The van der Waals surface area contributed by atoms with Crippen LogP contribution in [0.3, 0.4) is 0 Å². The highest BCUT2D eigenvalue weighted by Crippen LogP contribution is 2.36. The van der Waals surface area contributed by atoms with Crippen LogP contribution in [0, 0.1) is 11.3 Å². The number of ether oxygens (including phenoxy) is 1. The Balaban J connectivity index is 1.24. The summed E-state index contributed by atoms with van der Waals surface area (Å²) in [5, 5.41) is 14.3. The van der Waals surface area contributed by atoms with Gasteiger partial charge in [0.1, 0.15) is 17.3 Å². The molecule has 2 aromatic rings. The summed E-state index contributed by atoms with van der Waals surface area (Å²) in [6.45, 7) is 3.04. The maximum Gasteiger partial charge on any atom is 0.423 e. The molecule has 2 aliphatic rings. The van der Waals surface area contributed by atoms with Crippen molar-refractivity contribution < 1.29 is 22.7 Å². The van der Waals surface area contributed by atoms with Crippen LogP contribution in [0.2, 0.25) is 0 Å². The minimum absolute atomic E-state index is 0.0472. The number of nitrogens with zero attached hydrogens (tertiary/aromatic N) is 6. The number of carbonyl (C=O) groups excluding carboxylic acids is 1. The molecule has 0 spiro atoms. The average molecular weight is 506 g/mol. The number of alkyl halides is 3. The Hall–Kier alpha value is -3.66. The monoisotopic (exact) mass is 505 g/mol. The quantitative estimate of drug-likeness (QED) is 0.566. The Morgan fingerprint density at radius 3 is 2.64 bits per heavy atom. The van der Waals surface area contributed by atoms with Gasteiger partial charge in [-0.2, -0.15) is 23.5 Å². The second-order valence-electron chi connectivity index (χ2n) is 8.65. The number of halogens is 3. The summed E-state index contributed by atoms with van der Waals surface area (Å²) >= 11 is 0. The van der Waals surface area contributed by atoms with Crippen LogP contribution in [-0.2, 0) is 15.7 Å². The third kappa shape index (κ3) is 5.76. The molecule has 2 saturated heterocycles. The second kappa shape index (κ2) is 10.9. The lowest BCUT2D eigenvalue weighted by molar-refractivity contribution is -0.138. The lowest BCUT2D eigenvalue weighted by Crippen LogP contribution is -2.49. The normalized spacial score (nSPS) is 18.4. The number of amides is 1. The van der Waals surface area contributed by atoms with Gasteiger partial charge in [-0.3, -0.25) is 9.59 Å². The number of rotatable bonds is 7. The van der Waals surface area contributed by atoms with Crippen molar-refractivity contribution in [1.82, 2.24) is 20.1 Å². The van der Waals surface area contributed by atoms with Crippen LogP contribution in [0.15, 0.2) is 29.3 Å². The standard InChI is InChI=1S/C23H26F3N7O3/c24-23(25,26)21-19(14-29-30-22(21)35)33-6-1-2-18(33)15-36-11-5-20(34)32-9-7-31(8-10-32)17-4-3-16(12-27)28-13-17/h3-4,13-14,18H,1-2,5-11,15H2,(H,30,35). The van der Waals surface area contributed by atoms with Crippen molar-refractivity contribution in [3.05, 3.63) is 46.1 Å². The predicted molar refractivity (Wildman–Crippen MR) is 123 cm³/mol. The van der Waals surface area contributed by atoms with Gasteiger partial charge in [-0.1, -0.05) is 0 Å². The number of nitriles is 1. The van der Waals surface area contributed by atoms with Crippen molar-refractivity contribution in [1.29, 1.82) is 5.26 Å². The summed E-state index contributed by atoms with van der Waals surface area (Å²) < 4.78 is 46.0. The first kappa shape index (κ1) is 25.4. The molecule has 0 bridgehead atoms. The van der Waals surface area contributed by atoms with Gasteiger partial charge in [-0.15, -0.1) is 0 Å². The molecule has 13 heteroatoms. The fourth-order valence-corrected chi connectivity index (χ4v) is 4.60. The Morgan fingerprint density at radius 2 is 1.97 bits per heavy atom. The Bertz CT molecular complexity index is 1160. The molecule has 2 aromatic heterocycles. The zero-order chi connectivity index (χ0) is 25.7. The number of piperazine rings is 1. The van der Waals surface area contributed by atoms with Crippen LogP contribution < -0.4 is 15.4 Å². The number of aromatic amines is 1. The SMILES string of the molecule is N#Cc1ccc(N2CCN(C(=O)CCOCC3CCCN3c3cn[nH]c(=O)c3C(F)(F)F)CC2)cn1. The van der Waals surface area contributed by atoms with Crippen LogP contribution in [0.1, 0.15) is 30.5 Å². The molecule has 1 amide bonds. The fraction of sp³-hybridized carbons (Fsp3) is 0.522. The second-order valence-corrected chi connectivity index (χ2v) is 8.65. The van der Waals surface area contributed by atoms with Gasteiger partial charge in [0, 0.05) is 32.7 Å². The average Bonchev–Trinajstić information content (AvgIpc) is 3.34. The first-order chi connectivity index (χ1) is 17.3. The number of anilines is 2. The summed E-state index contributed by atoms with van der Waals surface area (Å²) in [6.07, 6.45) is -0.673. The molecule has 0 radical (unpaired) electrons. The topological polar surface area (TPSA) is 118 Å². The third-order valence-electron chi connectivity index (χ3n) is 6.44. The molecule has 36 heavy (non-hydrogen) atoms. The Labute approximate surface area is 205 Å². The van der Waals surface area contributed by atoms with E-state index in [2.05, 4.69) is 15.0 Å². The Kier molecular flexibility index (Phi) is 7.73. The molecule has 1 unspecified atom stereocenters. The van der Waals surface area contributed by atoms with E-state index in [0.717, 1.165) is 11.9 Å². The number of nitrogens with one attached hydrogen (secondary N) is 1. The molecular formula is C23H26F3N7O3. The van der Waals surface area contributed by atoms with Gasteiger partial charge in [0.2, 0.25) is 5.91 Å². The molecule has 2 aliphatic heterocycles. The van der Waals surface area contributed by atoms with Crippen molar-refractivity contribution in [2.45, 2.75) is 31.5 Å². The third-order valence-corrected chi connectivity index (χ3v) is 6.44. The van der Waals surface area contributed by atoms with E-state index in [1.165, 1.54) is 4.90 Å². The first-order valence-electron chi connectivity index (χ1n) is 11.7. The van der Waals surface area contributed by atoms with E-state index in [9.17, 15) is 22.8 Å². The molecule has 0 saturated carbocycles. The van der Waals surface area contributed by atoms with Crippen LogP contribution in [-0.4, -0.2) is 78.0 Å². The zero-order valence-electron chi connectivity index (χ0n) is 19.5. The summed E-state index contributed by atoms with van der Waals surface area (Å²) in [5.41, 5.74) is -1.52. The van der Waals surface area contributed by atoms with Gasteiger partial charge in [0.05, 0.1) is 49.4 Å². The lowest BCUT2D eigenvalue weighted by Gasteiger charge is -2.36. The summed E-state index contributed by atoms with van der Waals surface area (Å²) in [7, 11) is 0. The molecule has 4 rings (SSSR count). The summed E-state index contributed by atoms with van der Waals surface area (Å²) in [5.74, 6) is -0.0472. The van der Waals surface area contributed by atoms with E-state index in [0.29, 0.717) is 51.3 Å². The Morgan fingerprint density at radius 1 is 1.19 bits per heavy atom. The van der Waals surface area contributed by atoms with Crippen molar-refractivity contribution in [3.8, 4) is 6.07 Å². The maximum absolute atomic E-state index is 13.4. The van der Waals surface area contributed by atoms with Crippen LogP contribution in [0.4, 0.5) is 24.5 Å². The van der Waals surface area contributed by atoms with Crippen molar-refractivity contribution >= 4 is 17.3 Å². The molecule has 192 valence electrons. The number of hydrogen-bond acceptors (Lipinski definition) is 8. The highest BCUT2D eigenvalue weighted by atomic mass is 19.4. The van der Waals surface area contributed by atoms with E-state index in [4.69, 9.17) is 10.00 Å². The van der Waals surface area contributed by atoms with E-state index >= 15 is 0 Å². The molecule has 1 atom stereocenters. The molecule has 10 nitrogen and oxygen atoms in total. The van der Waals surface area contributed by atoms with E-state index in [1.54, 1.807) is 17.2 Å². The van der Waals surface area contributed by atoms with E-state index < -0.39 is 17.3 Å². The number of H-pyrrole nitrogens is 1. The highest BCUT2D eigenvalue weighted by Gasteiger charge is 2.40. The van der Waals surface area contributed by atoms with Gasteiger partial charge in [-0.25, -0.2) is 10.1 Å². The van der Waals surface area contributed by atoms with Gasteiger partial charge >= 0.3 is 6.18 Å². The fourth-order valence-electron chi connectivity index (χ4n) is 4.60. The first-order valence-corrected chi connectivity index (χ1v) is 11.7. The van der Waals surface area contributed by atoms with Crippen LogP contribution >= 0.6 is 0 Å². The molecule has 0 aliphatic carbocycles. The van der Waals surface area contributed by atoms with Crippen molar-refractivity contribution in [2.75, 3.05) is 55.7 Å². The number of aromatic nitrogens is 3. The van der Waals surface area contributed by atoms with Gasteiger partial charge in [-0.05, 0) is 25.0 Å². The van der Waals surface area contributed by atoms with Crippen molar-refractivity contribution in [3.63, 3.8) is 0 Å². The lowest BCUT2D eigenvalue weighted by atomic mass is 10.2. The largest absolute Gasteiger partial charge is 0.423 e. The number of pyridine rings is 1. The summed E-state index contributed by atoms with van der Waals surface area (Å²) in [6, 6.07) is 5.14. The molecule has 2 fully saturated rings. The number of hydrogen-bond donors (Lipinski definition) is 1. The van der Waals surface area contributed by atoms with Gasteiger partial charge < -0.3 is 19.4 Å². The van der Waals surface area contributed by atoms with Crippen LogP contribution in [0.25, 0.3) is 0 Å². The zero-order valence-corrected chi connectivity index (χ0v) is 19.5. The highest BCUT2D eigenvalue weighted by molar-refractivity contribution is 5.76. The van der Waals surface area contributed by atoms with Gasteiger partial charge in [0.25, 0.3) is 5.56 Å². The van der Waals surface area contributed by atoms with E-state index in [-0.39, 0.29) is 37.3 Å². The molecule has 1 N–H and O–H groups in total. The molecular weight excluding hydrogens is 479 g/mol. The summed E-state index contributed by atoms with van der Waals surface area (Å²) in [4.78, 5) is 33.9. The predicted octanol–water partition coefficient (Wildman–Crippen LogP) is 1.78. The van der Waals surface area contributed by atoms with Crippen LogP contribution in [0.5, 0.6) is 0 Å². The van der Waals surface area contributed by atoms with E-state index in [1.807, 2.05) is 17.2 Å². The molecule has 4 heterocycles.